The van der Waals surface area contributed by atoms with Crippen LogP contribution in [0.25, 0.3) is 0 Å². The van der Waals surface area contributed by atoms with Crippen LogP contribution in [-0.4, -0.2) is 43.4 Å². The van der Waals surface area contributed by atoms with Crippen molar-refractivity contribution in [3.8, 4) is 0 Å². The molecule has 1 aliphatic heterocycles. The maximum Gasteiger partial charge on any atom is 0.217 e. The summed E-state index contributed by atoms with van der Waals surface area (Å²) in [6.07, 6.45) is -0.0217. The fourth-order valence-corrected chi connectivity index (χ4v) is 2.02. The Kier molecular flexibility index (Phi) is 4.89. The minimum absolute atomic E-state index is 0.108. The summed E-state index contributed by atoms with van der Waals surface area (Å²) in [5, 5.41) is 5.57. The molecule has 0 aromatic rings. The third-order valence-electron chi connectivity index (χ3n) is 2.76. The van der Waals surface area contributed by atoms with Gasteiger partial charge in [0.2, 0.25) is 11.8 Å². The summed E-state index contributed by atoms with van der Waals surface area (Å²) in [6, 6.07) is -0.360. The van der Waals surface area contributed by atoms with Crippen molar-refractivity contribution in [3.05, 3.63) is 0 Å². The van der Waals surface area contributed by atoms with Crippen molar-refractivity contribution in [3.63, 3.8) is 0 Å². The van der Waals surface area contributed by atoms with E-state index in [-0.39, 0.29) is 30.0 Å². The van der Waals surface area contributed by atoms with E-state index in [0.717, 1.165) is 0 Å². The van der Waals surface area contributed by atoms with Gasteiger partial charge in [0.15, 0.2) is 6.29 Å². The van der Waals surface area contributed by atoms with Crippen LogP contribution < -0.4 is 10.6 Å². The molecule has 98 valence electrons. The van der Waals surface area contributed by atoms with Crippen LogP contribution >= 0.6 is 0 Å². The summed E-state index contributed by atoms with van der Waals surface area (Å²) in [5.41, 5.74) is 0. The van der Waals surface area contributed by atoms with Crippen LogP contribution in [0.3, 0.4) is 0 Å². The second-order valence-corrected chi connectivity index (χ2v) is 4.30. The molecule has 2 N–H and O–H groups in total. The van der Waals surface area contributed by atoms with Crippen LogP contribution in [0.1, 0.15) is 27.2 Å². The summed E-state index contributed by atoms with van der Waals surface area (Å²) in [4.78, 5) is 22.1. The largest absolute Gasteiger partial charge is 0.354 e. The van der Waals surface area contributed by atoms with Gasteiger partial charge < -0.3 is 20.1 Å². The second kappa shape index (κ2) is 5.97. The Labute approximate surface area is 101 Å². The third kappa shape index (κ3) is 3.98. The second-order valence-electron chi connectivity index (χ2n) is 4.30. The Hall–Kier alpha value is -1.14. The quantitative estimate of drug-likeness (QED) is 0.719. The summed E-state index contributed by atoms with van der Waals surface area (Å²) >= 11 is 0. The number of carbonyl (C=O) groups excluding carboxylic acids is 2. The molecule has 0 aliphatic carbocycles. The van der Waals surface area contributed by atoms with E-state index in [4.69, 9.17) is 9.47 Å². The van der Waals surface area contributed by atoms with E-state index >= 15 is 0 Å². The Balaban J connectivity index is 2.67. The van der Waals surface area contributed by atoms with Gasteiger partial charge in [-0.25, -0.2) is 0 Å². The van der Waals surface area contributed by atoms with Gasteiger partial charge in [-0.1, -0.05) is 0 Å². The number of ether oxygens (including phenoxy) is 2. The van der Waals surface area contributed by atoms with Crippen LogP contribution in [0.2, 0.25) is 0 Å². The zero-order valence-corrected chi connectivity index (χ0v) is 10.6. The molecule has 0 unspecified atom stereocenters. The highest BCUT2D eigenvalue weighted by Gasteiger charge is 2.36. The van der Waals surface area contributed by atoms with Crippen molar-refractivity contribution in [2.75, 3.05) is 7.11 Å². The third-order valence-corrected chi connectivity index (χ3v) is 2.76. The average molecular weight is 244 g/mol. The van der Waals surface area contributed by atoms with Crippen LogP contribution in [0.15, 0.2) is 0 Å². The maximum absolute atomic E-state index is 11.1. The number of carbonyl (C=O) groups is 2. The standard InChI is InChI=1S/C11H20N2O4/c1-6-9(12-7(2)14)5-10(13-8(3)15)11(16-4)17-6/h6,9-11H,5H2,1-4H3,(H,12,14)(H,13,15)/t6-,9+,10+,11+/m1/s1. The minimum atomic E-state index is -0.473. The minimum Gasteiger partial charge on any atom is -0.354 e. The van der Waals surface area contributed by atoms with Crippen molar-refractivity contribution in [2.24, 2.45) is 0 Å². The summed E-state index contributed by atoms with van der Waals surface area (Å²) < 4.78 is 10.8. The molecule has 1 heterocycles. The lowest BCUT2D eigenvalue weighted by molar-refractivity contribution is -0.199. The zero-order chi connectivity index (χ0) is 13.0. The molecule has 0 spiro atoms. The van der Waals surface area contributed by atoms with Crippen molar-refractivity contribution in [1.29, 1.82) is 0 Å². The van der Waals surface area contributed by atoms with E-state index in [1.165, 1.54) is 21.0 Å². The highest BCUT2D eigenvalue weighted by molar-refractivity contribution is 5.74. The smallest absolute Gasteiger partial charge is 0.217 e. The van der Waals surface area contributed by atoms with Crippen LogP contribution in [0.4, 0.5) is 0 Å². The van der Waals surface area contributed by atoms with Gasteiger partial charge >= 0.3 is 0 Å². The molecule has 17 heavy (non-hydrogen) atoms. The molecule has 4 atom stereocenters. The Morgan fingerprint density at radius 1 is 1.18 bits per heavy atom. The van der Waals surface area contributed by atoms with Crippen molar-refractivity contribution < 1.29 is 19.1 Å². The number of hydrogen-bond donors (Lipinski definition) is 2. The molecule has 0 bridgehead atoms. The SMILES string of the molecule is CO[C@H]1O[C@H](C)[C@@H](NC(C)=O)C[C@@H]1NC(C)=O. The molecular weight excluding hydrogens is 224 g/mol. The van der Waals surface area contributed by atoms with Gasteiger partial charge in [0, 0.05) is 21.0 Å². The fourth-order valence-electron chi connectivity index (χ4n) is 2.02. The van der Waals surface area contributed by atoms with E-state index in [1.54, 1.807) is 0 Å². The molecule has 1 aliphatic rings. The lowest BCUT2D eigenvalue weighted by Crippen LogP contribution is -2.58. The summed E-state index contributed by atoms with van der Waals surface area (Å²) in [6.45, 7) is 4.78. The molecule has 0 radical (unpaired) electrons. The molecule has 1 saturated heterocycles. The zero-order valence-electron chi connectivity index (χ0n) is 10.6. The van der Waals surface area contributed by atoms with E-state index < -0.39 is 6.29 Å². The van der Waals surface area contributed by atoms with E-state index in [1.807, 2.05) is 6.92 Å². The normalized spacial score (nSPS) is 32.9. The van der Waals surface area contributed by atoms with E-state index in [2.05, 4.69) is 10.6 Å². The topological polar surface area (TPSA) is 76.7 Å². The Morgan fingerprint density at radius 2 is 1.71 bits per heavy atom. The van der Waals surface area contributed by atoms with Crippen LogP contribution in [-0.2, 0) is 19.1 Å². The molecule has 0 saturated carbocycles. The molecule has 2 amide bonds. The van der Waals surface area contributed by atoms with E-state index in [9.17, 15) is 9.59 Å². The van der Waals surface area contributed by atoms with Gasteiger partial charge in [0.25, 0.3) is 0 Å². The first-order valence-corrected chi connectivity index (χ1v) is 5.66. The van der Waals surface area contributed by atoms with Gasteiger partial charge in [-0.15, -0.1) is 0 Å². The fraction of sp³-hybridized carbons (Fsp3) is 0.818. The van der Waals surface area contributed by atoms with Crippen molar-refractivity contribution in [2.45, 2.75) is 51.7 Å². The van der Waals surface area contributed by atoms with Gasteiger partial charge in [-0.2, -0.15) is 0 Å². The van der Waals surface area contributed by atoms with Gasteiger partial charge in [-0.05, 0) is 13.3 Å². The number of nitrogens with one attached hydrogen (secondary N) is 2. The van der Waals surface area contributed by atoms with Crippen LogP contribution in [0.5, 0.6) is 0 Å². The highest BCUT2D eigenvalue weighted by Crippen LogP contribution is 2.20. The number of rotatable bonds is 3. The van der Waals surface area contributed by atoms with Crippen LogP contribution in [0, 0.1) is 0 Å². The summed E-state index contributed by atoms with van der Waals surface area (Å²) in [5.74, 6) is -0.250. The monoisotopic (exact) mass is 244 g/mol. The van der Waals surface area contributed by atoms with Crippen molar-refractivity contribution in [1.82, 2.24) is 10.6 Å². The predicted molar refractivity (Wildman–Crippen MR) is 61.2 cm³/mol. The average Bonchev–Trinajstić information content (AvgIpc) is 2.21. The lowest BCUT2D eigenvalue weighted by Gasteiger charge is -2.39. The maximum atomic E-state index is 11.1. The van der Waals surface area contributed by atoms with Gasteiger partial charge in [0.05, 0.1) is 18.2 Å². The molecule has 0 aromatic carbocycles. The highest BCUT2D eigenvalue weighted by atomic mass is 16.7. The molecule has 6 nitrogen and oxygen atoms in total. The Bertz CT molecular complexity index is 295. The number of amides is 2. The van der Waals surface area contributed by atoms with E-state index in [0.29, 0.717) is 6.42 Å². The van der Waals surface area contributed by atoms with Crippen molar-refractivity contribution >= 4 is 11.8 Å². The van der Waals surface area contributed by atoms with Gasteiger partial charge in [-0.3, -0.25) is 9.59 Å². The summed E-state index contributed by atoms with van der Waals surface area (Å²) in [7, 11) is 1.53. The first kappa shape index (κ1) is 13.9. The molecule has 6 heteroatoms. The lowest BCUT2D eigenvalue weighted by atomic mass is 9.98. The number of methoxy groups -OCH3 is 1. The molecule has 1 rings (SSSR count). The first-order chi connectivity index (χ1) is 7.93. The number of hydrogen-bond acceptors (Lipinski definition) is 4. The van der Waals surface area contributed by atoms with Gasteiger partial charge in [0.1, 0.15) is 0 Å². The molecule has 0 aromatic heterocycles. The predicted octanol–water partition coefficient (Wildman–Crippen LogP) is -0.223. The molecule has 1 fully saturated rings. The first-order valence-electron chi connectivity index (χ1n) is 5.66. The molecular formula is C11H20N2O4. The Morgan fingerprint density at radius 3 is 2.18 bits per heavy atom.